The van der Waals surface area contributed by atoms with Crippen LogP contribution in [-0.4, -0.2) is 34.8 Å². The number of carbonyl (C=O) groups excluding carboxylic acids is 1. The number of hydrogen-bond donors (Lipinski definition) is 2. The zero-order valence-corrected chi connectivity index (χ0v) is 10.5. The van der Waals surface area contributed by atoms with Gasteiger partial charge in [0.2, 0.25) is 5.91 Å². The molecule has 1 aromatic heterocycles. The minimum atomic E-state index is 0.176. The number of amides is 1. The lowest BCUT2D eigenvalue weighted by Gasteiger charge is -2.18. The highest BCUT2D eigenvalue weighted by Crippen LogP contribution is 2.17. The van der Waals surface area contributed by atoms with E-state index in [0.717, 1.165) is 18.1 Å². The van der Waals surface area contributed by atoms with Crippen molar-refractivity contribution in [3.05, 3.63) is 6.07 Å². The Kier molecular flexibility index (Phi) is 5.04. The summed E-state index contributed by atoms with van der Waals surface area (Å²) in [5.74, 6) is 0.692. The van der Waals surface area contributed by atoms with Gasteiger partial charge in [0.25, 0.3) is 0 Å². The number of anilines is 2. The van der Waals surface area contributed by atoms with Gasteiger partial charge in [-0.3, -0.25) is 4.79 Å². The first-order valence-electron chi connectivity index (χ1n) is 5.41. The first-order chi connectivity index (χ1) is 7.67. The Bertz CT molecular complexity index is 335. The van der Waals surface area contributed by atoms with Crippen molar-refractivity contribution in [3.63, 3.8) is 0 Å². The van der Waals surface area contributed by atoms with Gasteiger partial charge in [-0.05, 0) is 25.4 Å². The van der Waals surface area contributed by atoms with Gasteiger partial charge in [-0.1, -0.05) is 0 Å². The van der Waals surface area contributed by atoms with Crippen LogP contribution in [0.2, 0.25) is 0 Å². The predicted octanol–water partition coefficient (Wildman–Crippen LogP) is 1.40. The van der Waals surface area contributed by atoms with Gasteiger partial charge in [0, 0.05) is 32.1 Å². The molecule has 1 aromatic rings. The lowest BCUT2D eigenvalue weighted by atomic mass is 10.3. The summed E-state index contributed by atoms with van der Waals surface area (Å²) in [5.41, 5.74) is 5.49. The van der Waals surface area contributed by atoms with Gasteiger partial charge >= 0.3 is 0 Å². The van der Waals surface area contributed by atoms with E-state index >= 15 is 0 Å². The van der Waals surface area contributed by atoms with E-state index in [9.17, 15) is 4.79 Å². The Morgan fingerprint density at radius 3 is 2.75 bits per heavy atom. The molecule has 0 aliphatic heterocycles. The molecule has 16 heavy (non-hydrogen) atoms. The van der Waals surface area contributed by atoms with E-state index in [0.29, 0.717) is 18.8 Å². The smallest absolute Gasteiger partial charge is 0.224 e. The number of rotatable bonds is 6. The van der Waals surface area contributed by atoms with Gasteiger partial charge in [0.1, 0.15) is 10.8 Å². The molecule has 0 radical (unpaired) electrons. The quantitative estimate of drug-likeness (QED) is 0.791. The average molecular weight is 242 g/mol. The first kappa shape index (κ1) is 12.8. The molecule has 0 aliphatic rings. The summed E-state index contributed by atoms with van der Waals surface area (Å²) in [6.45, 7) is 6.13. The summed E-state index contributed by atoms with van der Waals surface area (Å²) >= 11 is 1.31. The van der Waals surface area contributed by atoms with Crippen LogP contribution in [0.3, 0.4) is 0 Å². The van der Waals surface area contributed by atoms with Crippen LogP contribution < -0.4 is 11.1 Å². The molecule has 90 valence electrons. The Morgan fingerprint density at radius 2 is 2.25 bits per heavy atom. The van der Waals surface area contributed by atoms with Gasteiger partial charge in [0.15, 0.2) is 0 Å². The van der Waals surface area contributed by atoms with Crippen LogP contribution in [0.4, 0.5) is 10.8 Å². The second kappa shape index (κ2) is 6.32. The summed E-state index contributed by atoms with van der Waals surface area (Å²) in [4.78, 5) is 13.5. The van der Waals surface area contributed by atoms with E-state index in [4.69, 9.17) is 5.73 Å². The first-order valence-corrected chi connectivity index (χ1v) is 6.18. The molecular formula is C10H18N4OS. The Hall–Kier alpha value is -1.30. The van der Waals surface area contributed by atoms with E-state index in [1.54, 1.807) is 6.07 Å². The van der Waals surface area contributed by atoms with E-state index in [1.165, 1.54) is 11.5 Å². The second-order valence-electron chi connectivity index (χ2n) is 3.36. The number of nitrogens with zero attached hydrogens (tertiary/aromatic N) is 2. The number of aromatic nitrogens is 1. The predicted molar refractivity (Wildman–Crippen MR) is 67.6 cm³/mol. The standard InChI is InChI=1S/C10H18N4OS/c1-3-14(4-2)10(15)5-6-12-9-7-8(11)13-16-9/h7,12H,3-6H2,1-2H3,(H2,11,13). The SMILES string of the molecule is CCN(CC)C(=O)CCNc1cc(N)ns1. The third-order valence-electron chi connectivity index (χ3n) is 2.28. The molecule has 0 spiro atoms. The van der Waals surface area contributed by atoms with Gasteiger partial charge < -0.3 is 16.0 Å². The number of hydrogen-bond acceptors (Lipinski definition) is 5. The molecule has 0 saturated heterocycles. The summed E-state index contributed by atoms with van der Waals surface area (Å²) in [6, 6.07) is 1.77. The van der Waals surface area contributed by atoms with Crippen LogP contribution in [0.5, 0.6) is 0 Å². The molecule has 0 aliphatic carbocycles. The van der Waals surface area contributed by atoms with Crippen molar-refractivity contribution in [2.24, 2.45) is 0 Å². The fourth-order valence-electron chi connectivity index (χ4n) is 1.40. The largest absolute Gasteiger partial charge is 0.383 e. The Morgan fingerprint density at radius 1 is 1.56 bits per heavy atom. The fourth-order valence-corrected chi connectivity index (χ4v) is 2.00. The van der Waals surface area contributed by atoms with Gasteiger partial charge in [-0.2, -0.15) is 4.37 Å². The van der Waals surface area contributed by atoms with Gasteiger partial charge in [-0.25, -0.2) is 0 Å². The van der Waals surface area contributed by atoms with Crippen molar-refractivity contribution in [2.45, 2.75) is 20.3 Å². The minimum absolute atomic E-state index is 0.176. The van der Waals surface area contributed by atoms with Crippen LogP contribution in [0.25, 0.3) is 0 Å². The fraction of sp³-hybridized carbons (Fsp3) is 0.600. The summed E-state index contributed by atoms with van der Waals surface area (Å²) in [7, 11) is 0. The highest BCUT2D eigenvalue weighted by atomic mass is 32.1. The monoisotopic (exact) mass is 242 g/mol. The zero-order valence-electron chi connectivity index (χ0n) is 9.69. The van der Waals surface area contributed by atoms with E-state index in [2.05, 4.69) is 9.69 Å². The lowest BCUT2D eigenvalue weighted by Crippen LogP contribution is -2.31. The van der Waals surface area contributed by atoms with E-state index in [-0.39, 0.29) is 5.91 Å². The van der Waals surface area contributed by atoms with Crippen molar-refractivity contribution in [3.8, 4) is 0 Å². The Labute approximate surface area is 99.8 Å². The molecule has 5 nitrogen and oxygen atoms in total. The molecule has 0 aromatic carbocycles. The van der Waals surface area contributed by atoms with Gasteiger partial charge in [0.05, 0.1) is 0 Å². The average Bonchev–Trinajstić information content (AvgIpc) is 2.66. The van der Waals surface area contributed by atoms with Crippen LogP contribution in [-0.2, 0) is 4.79 Å². The molecule has 1 amide bonds. The van der Waals surface area contributed by atoms with Crippen molar-refractivity contribution >= 4 is 28.3 Å². The number of nitrogens with one attached hydrogen (secondary N) is 1. The van der Waals surface area contributed by atoms with Crippen molar-refractivity contribution in [1.29, 1.82) is 0 Å². The van der Waals surface area contributed by atoms with Crippen LogP contribution in [0.15, 0.2) is 6.07 Å². The second-order valence-corrected chi connectivity index (χ2v) is 4.16. The van der Waals surface area contributed by atoms with Crippen molar-refractivity contribution < 1.29 is 4.79 Å². The van der Waals surface area contributed by atoms with Crippen molar-refractivity contribution in [1.82, 2.24) is 9.27 Å². The summed E-state index contributed by atoms with van der Waals surface area (Å²) in [5, 5.41) is 4.04. The summed E-state index contributed by atoms with van der Waals surface area (Å²) < 4.78 is 3.94. The Balaban J connectivity index is 2.27. The normalized spacial score (nSPS) is 10.1. The molecule has 0 saturated carbocycles. The molecule has 1 heterocycles. The molecule has 0 bridgehead atoms. The third kappa shape index (κ3) is 3.69. The minimum Gasteiger partial charge on any atom is -0.383 e. The van der Waals surface area contributed by atoms with Crippen LogP contribution in [0.1, 0.15) is 20.3 Å². The topological polar surface area (TPSA) is 71.2 Å². The summed E-state index contributed by atoms with van der Waals surface area (Å²) in [6.07, 6.45) is 0.499. The number of nitrogen functional groups attached to an aromatic ring is 1. The number of carbonyl (C=O) groups is 1. The maximum atomic E-state index is 11.6. The lowest BCUT2D eigenvalue weighted by molar-refractivity contribution is -0.130. The highest BCUT2D eigenvalue weighted by molar-refractivity contribution is 7.10. The maximum absolute atomic E-state index is 11.6. The van der Waals surface area contributed by atoms with Crippen molar-refractivity contribution in [2.75, 3.05) is 30.7 Å². The highest BCUT2D eigenvalue weighted by Gasteiger charge is 2.08. The molecular weight excluding hydrogens is 224 g/mol. The molecule has 0 unspecified atom stereocenters. The maximum Gasteiger partial charge on any atom is 0.224 e. The third-order valence-corrected chi connectivity index (χ3v) is 3.04. The van der Waals surface area contributed by atoms with E-state index < -0.39 is 0 Å². The number of nitrogens with two attached hydrogens (primary N) is 1. The zero-order chi connectivity index (χ0) is 12.0. The molecule has 1 rings (SSSR count). The van der Waals surface area contributed by atoms with Crippen LogP contribution >= 0.6 is 11.5 Å². The van der Waals surface area contributed by atoms with E-state index in [1.807, 2.05) is 18.7 Å². The van der Waals surface area contributed by atoms with Gasteiger partial charge in [-0.15, -0.1) is 0 Å². The molecule has 0 atom stereocenters. The van der Waals surface area contributed by atoms with Crippen LogP contribution in [0, 0.1) is 0 Å². The molecule has 0 fully saturated rings. The molecule has 3 N–H and O–H groups in total. The molecule has 6 heteroatoms.